The number of oxime groups is 1. The van der Waals surface area contributed by atoms with Crippen LogP contribution >= 0.6 is 0 Å². The largest absolute Gasteiger partial charge is 0.444 e. The van der Waals surface area contributed by atoms with Crippen LogP contribution in [0.25, 0.3) is 0 Å². The minimum Gasteiger partial charge on any atom is -0.444 e. The van der Waals surface area contributed by atoms with Gasteiger partial charge in [0.1, 0.15) is 16.9 Å². The number of nitrogens with zero attached hydrogens (tertiary/aromatic N) is 2. The molecular weight excluding hydrogens is 358 g/mol. The Hall–Kier alpha value is -2.57. The second-order valence-corrected chi connectivity index (χ2v) is 8.62. The Bertz CT molecular complexity index is 757. The second-order valence-electron chi connectivity index (χ2n) is 8.62. The maximum atomic E-state index is 12.4. The molecule has 28 heavy (non-hydrogen) atoms. The van der Waals surface area contributed by atoms with Gasteiger partial charge in [-0.3, -0.25) is 4.79 Å². The van der Waals surface area contributed by atoms with Crippen molar-refractivity contribution in [1.82, 2.24) is 10.2 Å². The van der Waals surface area contributed by atoms with Gasteiger partial charge >= 0.3 is 6.09 Å². The molecule has 0 unspecified atom stereocenters. The number of nitrogens with one attached hydrogen (secondary N) is 1. The van der Waals surface area contributed by atoms with Gasteiger partial charge in [0.25, 0.3) is 5.91 Å². The first-order valence-electron chi connectivity index (χ1n) is 9.73. The fourth-order valence-electron chi connectivity index (χ4n) is 3.33. The number of hydrogen-bond donors (Lipinski definition) is 1. The molecule has 1 aromatic rings. The Morgan fingerprint density at radius 2 is 1.86 bits per heavy atom. The van der Waals surface area contributed by atoms with Gasteiger partial charge < -0.3 is 19.8 Å². The summed E-state index contributed by atoms with van der Waals surface area (Å²) in [5.41, 5.74) is 1.64. The minimum absolute atomic E-state index is 0.202. The van der Waals surface area contributed by atoms with E-state index in [-0.39, 0.29) is 12.0 Å². The van der Waals surface area contributed by atoms with Crippen LogP contribution in [0.4, 0.5) is 4.79 Å². The molecule has 1 spiro atoms. The van der Waals surface area contributed by atoms with Crippen molar-refractivity contribution in [3.63, 3.8) is 0 Å². The summed E-state index contributed by atoms with van der Waals surface area (Å²) in [4.78, 5) is 32.0. The van der Waals surface area contributed by atoms with E-state index >= 15 is 0 Å². The van der Waals surface area contributed by atoms with Crippen LogP contribution in [0.5, 0.6) is 0 Å². The minimum atomic E-state index is -0.512. The molecule has 2 aliphatic rings. The van der Waals surface area contributed by atoms with Crippen molar-refractivity contribution in [2.75, 3.05) is 13.1 Å². The van der Waals surface area contributed by atoms with Gasteiger partial charge in [0.15, 0.2) is 0 Å². The standard InChI is InChI=1S/C21H29N3O4/c1-15-5-7-16(8-6-15)14-22-18(25)17-13-21(28-23-17)9-11-24(12-10-21)19(26)27-20(2,3)4/h5-8H,9-14H2,1-4H3,(H,22,25). The number of piperidine rings is 1. The van der Waals surface area contributed by atoms with Crippen molar-refractivity contribution >= 4 is 17.7 Å². The summed E-state index contributed by atoms with van der Waals surface area (Å²) in [5, 5.41) is 6.94. The van der Waals surface area contributed by atoms with Crippen molar-refractivity contribution in [2.24, 2.45) is 5.16 Å². The van der Waals surface area contributed by atoms with Gasteiger partial charge in [0, 0.05) is 38.9 Å². The fourth-order valence-corrected chi connectivity index (χ4v) is 3.33. The van der Waals surface area contributed by atoms with Crippen LogP contribution in [0.3, 0.4) is 0 Å². The van der Waals surface area contributed by atoms with E-state index < -0.39 is 11.2 Å². The van der Waals surface area contributed by atoms with E-state index in [0.717, 1.165) is 5.56 Å². The van der Waals surface area contributed by atoms with E-state index in [1.165, 1.54) is 5.56 Å². The van der Waals surface area contributed by atoms with Crippen LogP contribution in [-0.4, -0.2) is 46.9 Å². The van der Waals surface area contributed by atoms with Gasteiger partial charge in [-0.1, -0.05) is 35.0 Å². The average molecular weight is 387 g/mol. The fraction of sp³-hybridized carbons (Fsp3) is 0.571. The molecule has 0 aliphatic carbocycles. The summed E-state index contributed by atoms with van der Waals surface area (Å²) >= 11 is 0. The average Bonchev–Trinajstić information content (AvgIpc) is 3.04. The first-order valence-corrected chi connectivity index (χ1v) is 9.73. The number of likely N-dealkylation sites (tertiary alicyclic amines) is 1. The molecule has 0 saturated carbocycles. The van der Waals surface area contributed by atoms with E-state index in [0.29, 0.717) is 44.6 Å². The SMILES string of the molecule is Cc1ccc(CNC(=O)C2=NOC3(CCN(C(=O)OC(C)(C)C)CC3)C2)cc1. The lowest BCUT2D eigenvalue weighted by molar-refractivity contribution is -0.115. The number of carbonyl (C=O) groups excluding carboxylic acids is 2. The topological polar surface area (TPSA) is 80.2 Å². The lowest BCUT2D eigenvalue weighted by Gasteiger charge is -2.37. The molecule has 0 atom stereocenters. The molecule has 152 valence electrons. The number of benzene rings is 1. The molecule has 1 saturated heterocycles. The zero-order valence-electron chi connectivity index (χ0n) is 17.1. The van der Waals surface area contributed by atoms with Crippen LogP contribution in [0, 0.1) is 6.92 Å². The van der Waals surface area contributed by atoms with Gasteiger partial charge in [-0.25, -0.2) is 4.79 Å². The molecule has 0 bridgehead atoms. The molecule has 0 radical (unpaired) electrons. The highest BCUT2D eigenvalue weighted by Crippen LogP contribution is 2.35. The monoisotopic (exact) mass is 387 g/mol. The van der Waals surface area contributed by atoms with Crippen molar-refractivity contribution < 1.29 is 19.2 Å². The Kier molecular flexibility index (Phi) is 5.63. The molecular formula is C21H29N3O4. The predicted molar refractivity (Wildman–Crippen MR) is 106 cm³/mol. The maximum Gasteiger partial charge on any atom is 0.410 e. The summed E-state index contributed by atoms with van der Waals surface area (Å²) in [6, 6.07) is 8.03. The third-order valence-corrected chi connectivity index (χ3v) is 5.00. The first kappa shape index (κ1) is 20.2. The molecule has 0 aromatic heterocycles. The molecule has 2 aliphatic heterocycles. The summed E-state index contributed by atoms with van der Waals surface area (Å²) in [5.74, 6) is -0.202. The van der Waals surface area contributed by atoms with Crippen molar-refractivity contribution in [3.8, 4) is 0 Å². The zero-order chi connectivity index (χ0) is 20.4. The lowest BCUT2D eigenvalue weighted by atomic mass is 9.87. The number of carbonyl (C=O) groups is 2. The summed E-state index contributed by atoms with van der Waals surface area (Å²) in [6.45, 7) is 9.10. The van der Waals surface area contributed by atoms with Gasteiger partial charge in [-0.05, 0) is 33.3 Å². The number of hydrogen-bond acceptors (Lipinski definition) is 5. The molecule has 3 rings (SSSR count). The van der Waals surface area contributed by atoms with E-state index in [1.54, 1.807) is 4.90 Å². The van der Waals surface area contributed by atoms with Gasteiger partial charge in [-0.15, -0.1) is 0 Å². The molecule has 1 N–H and O–H groups in total. The van der Waals surface area contributed by atoms with Crippen LogP contribution in [-0.2, 0) is 20.9 Å². The number of ether oxygens (including phenoxy) is 1. The lowest BCUT2D eigenvalue weighted by Crippen LogP contribution is -2.48. The highest BCUT2D eigenvalue weighted by atomic mass is 16.7. The second kappa shape index (κ2) is 7.81. The molecule has 1 aromatic carbocycles. The smallest absolute Gasteiger partial charge is 0.410 e. The third-order valence-electron chi connectivity index (χ3n) is 5.00. The number of rotatable bonds is 3. The highest BCUT2D eigenvalue weighted by molar-refractivity contribution is 6.39. The van der Waals surface area contributed by atoms with Gasteiger partial charge in [0.2, 0.25) is 0 Å². The maximum absolute atomic E-state index is 12.4. The summed E-state index contributed by atoms with van der Waals surface area (Å²) < 4.78 is 5.42. The van der Waals surface area contributed by atoms with Gasteiger partial charge in [0.05, 0.1) is 0 Å². The van der Waals surface area contributed by atoms with Crippen LogP contribution in [0.15, 0.2) is 29.4 Å². The third kappa shape index (κ3) is 5.03. The Balaban J connectivity index is 1.47. The van der Waals surface area contributed by atoms with E-state index in [9.17, 15) is 9.59 Å². The van der Waals surface area contributed by atoms with Crippen LogP contribution < -0.4 is 5.32 Å². The Morgan fingerprint density at radius 1 is 1.21 bits per heavy atom. The Morgan fingerprint density at radius 3 is 2.46 bits per heavy atom. The number of amides is 2. The van der Waals surface area contributed by atoms with E-state index in [2.05, 4.69) is 10.5 Å². The molecule has 7 heteroatoms. The van der Waals surface area contributed by atoms with Crippen LogP contribution in [0.2, 0.25) is 0 Å². The van der Waals surface area contributed by atoms with E-state index in [1.807, 2.05) is 52.0 Å². The van der Waals surface area contributed by atoms with Crippen molar-refractivity contribution in [3.05, 3.63) is 35.4 Å². The summed E-state index contributed by atoms with van der Waals surface area (Å²) in [6.07, 6.45) is 1.42. The molecule has 1 fully saturated rings. The van der Waals surface area contributed by atoms with Crippen LogP contribution in [0.1, 0.15) is 51.2 Å². The zero-order valence-corrected chi connectivity index (χ0v) is 17.1. The molecule has 2 heterocycles. The Labute approximate surface area is 166 Å². The highest BCUT2D eigenvalue weighted by Gasteiger charge is 2.45. The van der Waals surface area contributed by atoms with Gasteiger partial charge in [-0.2, -0.15) is 0 Å². The number of aryl methyl sites for hydroxylation is 1. The summed E-state index contributed by atoms with van der Waals surface area (Å²) in [7, 11) is 0. The van der Waals surface area contributed by atoms with E-state index in [4.69, 9.17) is 9.57 Å². The first-order chi connectivity index (χ1) is 13.2. The quantitative estimate of drug-likeness (QED) is 0.864. The van der Waals surface area contributed by atoms with Crippen molar-refractivity contribution in [2.45, 2.75) is 64.7 Å². The molecule has 2 amide bonds. The predicted octanol–water partition coefficient (Wildman–Crippen LogP) is 3.16. The van der Waals surface area contributed by atoms with Crippen molar-refractivity contribution in [1.29, 1.82) is 0 Å². The normalized spacial score (nSPS) is 18.4. The molecule has 7 nitrogen and oxygen atoms in total.